The number of likely N-dealkylation sites (N-methyl/N-ethyl adjacent to an activating group) is 1. The molecule has 1 aromatic heterocycles. The number of rotatable bonds is 4. The smallest absolute Gasteiger partial charge is 0.246 e. The molecule has 0 aliphatic carbocycles. The van der Waals surface area contributed by atoms with Crippen LogP contribution in [0.25, 0.3) is 0 Å². The van der Waals surface area contributed by atoms with Crippen molar-refractivity contribution in [3.8, 4) is 0 Å². The van der Waals surface area contributed by atoms with E-state index in [1.165, 1.54) is 16.7 Å². The van der Waals surface area contributed by atoms with Gasteiger partial charge >= 0.3 is 0 Å². The molecule has 0 radical (unpaired) electrons. The quantitative estimate of drug-likeness (QED) is 0.828. The summed E-state index contributed by atoms with van der Waals surface area (Å²) in [5.74, 6) is 0.444. The molecule has 1 aliphatic heterocycles. The van der Waals surface area contributed by atoms with Gasteiger partial charge in [0.15, 0.2) is 0 Å². The molecule has 19 heavy (non-hydrogen) atoms. The third-order valence-corrected chi connectivity index (χ3v) is 4.91. The number of sulfonamides is 1. The van der Waals surface area contributed by atoms with Crippen LogP contribution in [0.3, 0.4) is 0 Å². The maximum absolute atomic E-state index is 12.4. The van der Waals surface area contributed by atoms with E-state index in [4.69, 9.17) is 0 Å². The highest BCUT2D eigenvalue weighted by molar-refractivity contribution is 7.89. The van der Waals surface area contributed by atoms with Gasteiger partial charge in [0.25, 0.3) is 0 Å². The number of hydrogen-bond acceptors (Lipinski definition) is 6. The Kier molecular flexibility index (Phi) is 4.33. The van der Waals surface area contributed by atoms with E-state index in [0.29, 0.717) is 25.6 Å². The topological polar surface area (TPSA) is 78.4 Å². The lowest BCUT2D eigenvalue weighted by Gasteiger charge is -2.31. The third-order valence-electron chi connectivity index (χ3n) is 3.06. The van der Waals surface area contributed by atoms with Gasteiger partial charge in [-0.3, -0.25) is 0 Å². The Morgan fingerprint density at radius 3 is 2.32 bits per heavy atom. The molecule has 1 fully saturated rings. The van der Waals surface area contributed by atoms with Crippen LogP contribution in [0.15, 0.2) is 17.3 Å². The van der Waals surface area contributed by atoms with Crippen LogP contribution >= 0.6 is 0 Å². The Labute approximate surface area is 113 Å². The predicted molar refractivity (Wildman–Crippen MR) is 72.5 cm³/mol. The number of hydrogen-bond donors (Lipinski definition) is 1. The molecule has 0 bridgehead atoms. The number of aromatic nitrogens is 2. The summed E-state index contributed by atoms with van der Waals surface area (Å²) in [4.78, 5) is 10.3. The zero-order valence-corrected chi connectivity index (χ0v) is 12.0. The molecule has 1 aromatic rings. The lowest BCUT2D eigenvalue weighted by molar-refractivity contribution is 0.222. The number of nitrogens with one attached hydrogen (secondary N) is 1. The monoisotopic (exact) mass is 285 g/mol. The van der Waals surface area contributed by atoms with Crippen LogP contribution < -0.4 is 5.32 Å². The maximum Gasteiger partial charge on any atom is 0.246 e. The van der Waals surface area contributed by atoms with E-state index in [-0.39, 0.29) is 4.90 Å². The molecule has 1 saturated heterocycles. The fraction of sp³-hybridized carbons (Fsp3) is 0.636. The molecular formula is C11H19N5O2S. The van der Waals surface area contributed by atoms with E-state index < -0.39 is 10.0 Å². The standard InChI is InChI=1S/C11H19N5O2S/c1-3-12-11-13-8-10(9-14-11)19(17,18)16-6-4-15(2)5-7-16/h8-9H,3-7H2,1-2H3,(H,12,13,14). The normalized spacial score (nSPS) is 18.4. The van der Waals surface area contributed by atoms with Gasteiger partial charge in [-0.05, 0) is 14.0 Å². The Morgan fingerprint density at radius 2 is 1.79 bits per heavy atom. The van der Waals surface area contributed by atoms with Gasteiger partial charge in [-0.2, -0.15) is 4.31 Å². The first-order valence-electron chi connectivity index (χ1n) is 6.28. The second kappa shape index (κ2) is 5.81. The minimum absolute atomic E-state index is 0.152. The number of piperazine rings is 1. The average molecular weight is 285 g/mol. The molecular weight excluding hydrogens is 266 g/mol. The predicted octanol–water partition coefficient (Wildman–Crippen LogP) is -0.155. The number of nitrogens with zero attached hydrogens (tertiary/aromatic N) is 4. The molecule has 0 atom stereocenters. The first-order valence-corrected chi connectivity index (χ1v) is 7.72. The molecule has 0 amide bonds. The summed E-state index contributed by atoms with van der Waals surface area (Å²) in [6.07, 6.45) is 2.72. The molecule has 7 nitrogen and oxygen atoms in total. The van der Waals surface area contributed by atoms with Gasteiger partial charge in [-0.15, -0.1) is 0 Å². The Hall–Kier alpha value is -1.25. The number of anilines is 1. The highest BCUT2D eigenvalue weighted by Gasteiger charge is 2.27. The van der Waals surface area contributed by atoms with Crippen molar-refractivity contribution in [2.24, 2.45) is 0 Å². The SMILES string of the molecule is CCNc1ncc(S(=O)(=O)N2CCN(C)CC2)cn1. The summed E-state index contributed by atoms with van der Waals surface area (Å²) in [7, 11) is -1.48. The molecule has 0 aromatic carbocycles. The van der Waals surface area contributed by atoms with Crippen molar-refractivity contribution in [2.75, 3.05) is 45.1 Å². The van der Waals surface area contributed by atoms with E-state index in [9.17, 15) is 8.42 Å². The lowest BCUT2D eigenvalue weighted by Crippen LogP contribution is -2.47. The summed E-state index contributed by atoms with van der Waals surface area (Å²) in [6.45, 7) is 5.13. The van der Waals surface area contributed by atoms with Crippen molar-refractivity contribution in [1.29, 1.82) is 0 Å². The van der Waals surface area contributed by atoms with Crippen molar-refractivity contribution in [1.82, 2.24) is 19.2 Å². The minimum atomic E-state index is -3.46. The van der Waals surface area contributed by atoms with Crippen LogP contribution in [-0.2, 0) is 10.0 Å². The highest BCUT2D eigenvalue weighted by atomic mass is 32.2. The molecule has 1 aliphatic rings. The van der Waals surface area contributed by atoms with Gasteiger partial charge in [0.2, 0.25) is 16.0 Å². The van der Waals surface area contributed by atoms with E-state index in [1.807, 2.05) is 14.0 Å². The van der Waals surface area contributed by atoms with Gasteiger partial charge in [-0.1, -0.05) is 0 Å². The molecule has 8 heteroatoms. The zero-order chi connectivity index (χ0) is 13.9. The van der Waals surface area contributed by atoms with Crippen molar-refractivity contribution in [2.45, 2.75) is 11.8 Å². The van der Waals surface area contributed by atoms with Crippen LogP contribution in [0.5, 0.6) is 0 Å². The second-order valence-corrected chi connectivity index (χ2v) is 6.42. The van der Waals surface area contributed by atoms with Crippen LogP contribution in [0, 0.1) is 0 Å². The molecule has 2 heterocycles. The zero-order valence-electron chi connectivity index (χ0n) is 11.2. The molecule has 0 spiro atoms. The van der Waals surface area contributed by atoms with Gasteiger partial charge in [0.1, 0.15) is 4.90 Å². The van der Waals surface area contributed by atoms with E-state index >= 15 is 0 Å². The molecule has 0 saturated carbocycles. The first kappa shape index (κ1) is 14.2. The molecule has 0 unspecified atom stereocenters. The largest absolute Gasteiger partial charge is 0.355 e. The summed E-state index contributed by atoms with van der Waals surface area (Å²) in [5, 5.41) is 2.93. The highest BCUT2D eigenvalue weighted by Crippen LogP contribution is 2.16. The molecule has 2 rings (SSSR count). The minimum Gasteiger partial charge on any atom is -0.355 e. The van der Waals surface area contributed by atoms with Crippen LogP contribution in [0.1, 0.15) is 6.92 Å². The van der Waals surface area contributed by atoms with Crippen molar-refractivity contribution < 1.29 is 8.42 Å². The van der Waals surface area contributed by atoms with E-state index in [2.05, 4.69) is 20.2 Å². The molecule has 1 N–H and O–H groups in total. The van der Waals surface area contributed by atoms with Gasteiger partial charge < -0.3 is 10.2 Å². The summed E-state index contributed by atoms with van der Waals surface area (Å²) >= 11 is 0. The Bertz CT molecular complexity index is 508. The summed E-state index contributed by atoms with van der Waals surface area (Å²) < 4.78 is 26.2. The molecule has 106 valence electrons. The van der Waals surface area contributed by atoms with Crippen LogP contribution in [0.4, 0.5) is 5.95 Å². The average Bonchev–Trinajstić information content (AvgIpc) is 2.40. The summed E-state index contributed by atoms with van der Waals surface area (Å²) in [5.41, 5.74) is 0. The van der Waals surface area contributed by atoms with Crippen molar-refractivity contribution in [3.05, 3.63) is 12.4 Å². The lowest BCUT2D eigenvalue weighted by atomic mass is 10.4. The fourth-order valence-corrected chi connectivity index (χ4v) is 3.19. The third kappa shape index (κ3) is 3.20. The van der Waals surface area contributed by atoms with Crippen LogP contribution in [-0.4, -0.2) is 67.4 Å². The maximum atomic E-state index is 12.4. The van der Waals surface area contributed by atoms with Crippen molar-refractivity contribution in [3.63, 3.8) is 0 Å². The van der Waals surface area contributed by atoms with E-state index in [1.54, 1.807) is 0 Å². The van der Waals surface area contributed by atoms with Gasteiger partial charge in [0.05, 0.1) is 12.4 Å². The fourth-order valence-electron chi connectivity index (χ4n) is 1.88. The second-order valence-electron chi connectivity index (χ2n) is 4.48. The van der Waals surface area contributed by atoms with Gasteiger partial charge in [0, 0.05) is 32.7 Å². The van der Waals surface area contributed by atoms with Crippen molar-refractivity contribution >= 4 is 16.0 Å². The summed E-state index contributed by atoms with van der Waals surface area (Å²) in [6, 6.07) is 0. The Morgan fingerprint density at radius 1 is 1.21 bits per heavy atom. The van der Waals surface area contributed by atoms with Crippen LogP contribution in [0.2, 0.25) is 0 Å². The van der Waals surface area contributed by atoms with Gasteiger partial charge in [-0.25, -0.2) is 18.4 Å². The van der Waals surface area contributed by atoms with E-state index in [0.717, 1.165) is 13.1 Å². The Balaban J connectivity index is 2.15. The first-order chi connectivity index (χ1) is 9.04.